The van der Waals surface area contributed by atoms with Crippen LogP contribution >= 0.6 is 11.8 Å². The number of benzene rings is 4. The minimum atomic E-state index is -0.710. The van der Waals surface area contributed by atoms with Crippen LogP contribution in [0.25, 0.3) is 0 Å². The van der Waals surface area contributed by atoms with Crippen LogP contribution < -0.4 is 19.5 Å². The lowest BCUT2D eigenvalue weighted by Crippen LogP contribution is -2.44. The summed E-state index contributed by atoms with van der Waals surface area (Å²) in [5, 5.41) is 3.06. The van der Waals surface area contributed by atoms with Gasteiger partial charge in [-0.05, 0) is 78.0 Å². The lowest BCUT2D eigenvalue weighted by molar-refractivity contribution is -0.119. The maximum Gasteiger partial charge on any atom is 0.254 e. The van der Waals surface area contributed by atoms with Crippen LogP contribution in [0.15, 0.2) is 95.9 Å². The lowest BCUT2D eigenvalue weighted by Gasteiger charge is -2.40. The van der Waals surface area contributed by atoms with Gasteiger partial charge in [0.05, 0.1) is 26.2 Å². The van der Waals surface area contributed by atoms with Crippen molar-refractivity contribution >= 4 is 29.3 Å². The topological polar surface area (TPSA) is 77.1 Å². The fourth-order valence-electron chi connectivity index (χ4n) is 5.00. The molecule has 0 spiro atoms. The van der Waals surface area contributed by atoms with E-state index in [2.05, 4.69) is 5.32 Å². The van der Waals surface area contributed by atoms with E-state index in [4.69, 9.17) is 14.2 Å². The molecule has 0 saturated heterocycles. The summed E-state index contributed by atoms with van der Waals surface area (Å²) in [6, 6.07) is 27.5. The second-order valence-electron chi connectivity index (χ2n) is 9.33. The predicted molar refractivity (Wildman–Crippen MR) is 157 cm³/mol. The summed E-state index contributed by atoms with van der Waals surface area (Å²) in [4.78, 5) is 30.4. The Balaban J connectivity index is 1.51. The molecule has 0 saturated carbocycles. The second-order valence-corrected chi connectivity index (χ2v) is 10.2. The van der Waals surface area contributed by atoms with Crippen molar-refractivity contribution in [1.29, 1.82) is 0 Å². The van der Waals surface area contributed by atoms with E-state index in [1.54, 1.807) is 60.1 Å². The molecule has 0 fully saturated rings. The van der Waals surface area contributed by atoms with Crippen molar-refractivity contribution in [2.45, 2.75) is 16.9 Å². The van der Waals surface area contributed by atoms with E-state index in [1.807, 2.05) is 60.9 Å². The average Bonchev–Trinajstić information content (AvgIpc) is 2.99. The molecule has 0 radical (unpaired) electrons. The van der Waals surface area contributed by atoms with Crippen molar-refractivity contribution in [2.24, 2.45) is 0 Å². The van der Waals surface area contributed by atoms with Crippen LogP contribution in [0.3, 0.4) is 0 Å². The summed E-state index contributed by atoms with van der Waals surface area (Å²) < 4.78 is 16.9. The number of hydrogen-bond acceptors (Lipinski definition) is 6. The van der Waals surface area contributed by atoms with E-state index in [-0.39, 0.29) is 11.8 Å². The maximum absolute atomic E-state index is 14.1. The van der Waals surface area contributed by atoms with E-state index in [9.17, 15) is 9.59 Å². The van der Waals surface area contributed by atoms with Gasteiger partial charge in [-0.2, -0.15) is 0 Å². The second kappa shape index (κ2) is 11.8. The highest BCUT2D eigenvalue weighted by atomic mass is 32.2. The molecule has 40 heavy (non-hydrogen) atoms. The zero-order valence-corrected chi connectivity index (χ0v) is 23.5. The van der Waals surface area contributed by atoms with E-state index in [0.29, 0.717) is 34.1 Å². The lowest BCUT2D eigenvalue weighted by atomic mass is 9.79. The number of carbonyl (C=O) groups excluding carboxylic acids is 2. The highest BCUT2D eigenvalue weighted by Gasteiger charge is 2.43. The van der Waals surface area contributed by atoms with Crippen molar-refractivity contribution in [3.63, 3.8) is 0 Å². The van der Waals surface area contributed by atoms with Crippen molar-refractivity contribution in [3.8, 4) is 23.0 Å². The Kier molecular flexibility index (Phi) is 7.98. The van der Waals surface area contributed by atoms with Gasteiger partial charge in [0, 0.05) is 23.2 Å². The molecule has 1 N–H and O–H groups in total. The number of nitrogens with zero attached hydrogens (tertiary/aromatic N) is 1. The quantitative estimate of drug-likeness (QED) is 0.242. The SMILES string of the molecule is COc1cc2c(cc1OC)[C@@H](C(=O)Nc1ccc(Oc3ccccc3)cc1)[C@H](c1ccc(SC)cc1)N(C)C2=O. The summed E-state index contributed by atoms with van der Waals surface area (Å²) in [5.74, 6) is 1.11. The Hall–Kier alpha value is -4.43. The van der Waals surface area contributed by atoms with Gasteiger partial charge in [-0.3, -0.25) is 9.59 Å². The standard InChI is InChI=1S/C32H30N2O5S/c1-34-30(20-10-16-24(40-4)17-11-20)29(25-18-27(37-2)28(38-3)19-26(25)32(34)36)31(35)33-21-12-14-23(15-13-21)39-22-8-6-5-7-9-22/h5-19,29-30H,1-4H3,(H,33,35)/t29-,30+/m1/s1. The summed E-state index contributed by atoms with van der Waals surface area (Å²) in [5.41, 5.74) is 2.47. The number of likely N-dealkylation sites (N-methyl/N-ethyl adjacent to an activating group) is 1. The molecular weight excluding hydrogens is 524 g/mol. The highest BCUT2D eigenvalue weighted by Crippen LogP contribution is 2.46. The number of para-hydroxylation sites is 1. The van der Waals surface area contributed by atoms with Crippen LogP contribution in [0.5, 0.6) is 23.0 Å². The van der Waals surface area contributed by atoms with Gasteiger partial charge in [0.25, 0.3) is 5.91 Å². The Morgan fingerprint density at radius 2 is 1.48 bits per heavy atom. The maximum atomic E-state index is 14.1. The van der Waals surface area contributed by atoms with Crippen LogP contribution in [-0.4, -0.2) is 44.2 Å². The fraction of sp³-hybridized carbons (Fsp3) is 0.188. The van der Waals surface area contributed by atoms with Gasteiger partial charge in [-0.1, -0.05) is 30.3 Å². The first-order chi connectivity index (χ1) is 19.4. The molecule has 2 amide bonds. The van der Waals surface area contributed by atoms with Gasteiger partial charge in [0.15, 0.2) is 11.5 Å². The molecule has 1 aliphatic rings. The molecule has 8 heteroatoms. The van der Waals surface area contributed by atoms with Crippen molar-refractivity contribution in [3.05, 3.63) is 108 Å². The Bertz CT molecular complexity index is 1510. The number of amides is 2. The molecule has 2 atom stereocenters. The zero-order valence-electron chi connectivity index (χ0n) is 22.7. The van der Waals surface area contributed by atoms with Crippen molar-refractivity contribution in [1.82, 2.24) is 4.90 Å². The molecule has 0 aliphatic carbocycles. The molecular formula is C32H30N2O5S. The number of anilines is 1. The van der Waals surface area contributed by atoms with E-state index < -0.39 is 12.0 Å². The normalized spacial score (nSPS) is 16.2. The zero-order chi connectivity index (χ0) is 28.2. The summed E-state index contributed by atoms with van der Waals surface area (Å²) in [7, 11) is 4.78. The van der Waals surface area contributed by atoms with Gasteiger partial charge in [0.1, 0.15) is 11.5 Å². The number of rotatable bonds is 8. The minimum absolute atomic E-state index is 0.193. The third-order valence-electron chi connectivity index (χ3n) is 7.02. The Morgan fingerprint density at radius 3 is 2.10 bits per heavy atom. The molecule has 4 aromatic carbocycles. The number of ether oxygens (including phenoxy) is 3. The number of thioether (sulfide) groups is 1. The van der Waals surface area contributed by atoms with Crippen molar-refractivity contribution in [2.75, 3.05) is 32.8 Å². The van der Waals surface area contributed by atoms with Crippen LogP contribution in [-0.2, 0) is 4.79 Å². The molecule has 1 heterocycles. The van der Waals surface area contributed by atoms with Gasteiger partial charge < -0.3 is 24.4 Å². The first kappa shape index (κ1) is 27.1. The molecule has 0 unspecified atom stereocenters. The minimum Gasteiger partial charge on any atom is -0.493 e. The van der Waals surface area contributed by atoms with Gasteiger partial charge in [-0.15, -0.1) is 11.8 Å². The largest absolute Gasteiger partial charge is 0.493 e. The molecule has 1 aliphatic heterocycles. The number of hydrogen-bond donors (Lipinski definition) is 1. The molecule has 4 aromatic rings. The molecule has 0 bridgehead atoms. The van der Waals surface area contributed by atoms with Gasteiger partial charge >= 0.3 is 0 Å². The summed E-state index contributed by atoms with van der Waals surface area (Å²) in [6.45, 7) is 0. The van der Waals surface area contributed by atoms with Crippen LogP contribution in [0.2, 0.25) is 0 Å². The predicted octanol–water partition coefficient (Wildman–Crippen LogP) is 6.77. The van der Waals surface area contributed by atoms with E-state index in [0.717, 1.165) is 16.2 Å². The molecule has 0 aromatic heterocycles. The third kappa shape index (κ3) is 5.35. The first-order valence-corrected chi connectivity index (χ1v) is 14.0. The Labute approximate surface area is 238 Å². The average molecular weight is 555 g/mol. The fourth-order valence-corrected chi connectivity index (χ4v) is 5.41. The Morgan fingerprint density at radius 1 is 0.850 bits per heavy atom. The molecule has 204 valence electrons. The number of methoxy groups -OCH3 is 2. The summed E-state index contributed by atoms with van der Waals surface area (Å²) in [6.07, 6.45) is 2.01. The van der Waals surface area contributed by atoms with Crippen molar-refractivity contribution < 1.29 is 23.8 Å². The summed E-state index contributed by atoms with van der Waals surface area (Å²) >= 11 is 1.63. The van der Waals surface area contributed by atoms with E-state index in [1.165, 1.54) is 14.2 Å². The smallest absolute Gasteiger partial charge is 0.254 e. The van der Waals surface area contributed by atoms with Crippen LogP contribution in [0.4, 0.5) is 5.69 Å². The number of fused-ring (bicyclic) bond motifs is 1. The van der Waals surface area contributed by atoms with Crippen LogP contribution in [0.1, 0.15) is 33.4 Å². The number of carbonyl (C=O) groups is 2. The highest BCUT2D eigenvalue weighted by molar-refractivity contribution is 7.98. The number of nitrogens with one attached hydrogen (secondary N) is 1. The third-order valence-corrected chi connectivity index (χ3v) is 7.76. The van der Waals surface area contributed by atoms with Crippen LogP contribution in [0, 0.1) is 0 Å². The first-order valence-electron chi connectivity index (χ1n) is 12.7. The van der Waals surface area contributed by atoms with Gasteiger partial charge in [-0.25, -0.2) is 0 Å². The van der Waals surface area contributed by atoms with Gasteiger partial charge in [0.2, 0.25) is 5.91 Å². The molecule has 5 rings (SSSR count). The monoisotopic (exact) mass is 554 g/mol. The van der Waals surface area contributed by atoms with E-state index >= 15 is 0 Å². The molecule has 7 nitrogen and oxygen atoms in total.